The first-order valence-corrected chi connectivity index (χ1v) is 8.49. The van der Waals surface area contributed by atoms with Gasteiger partial charge in [0.25, 0.3) is 5.91 Å². The summed E-state index contributed by atoms with van der Waals surface area (Å²) in [4.78, 5) is 17.7. The molecule has 0 spiro atoms. The number of benzene rings is 1. The minimum absolute atomic E-state index is 0.276. The van der Waals surface area contributed by atoms with E-state index in [-0.39, 0.29) is 5.91 Å². The molecule has 126 valence electrons. The lowest BCUT2D eigenvalue weighted by molar-refractivity contribution is 0.0988. The normalized spacial score (nSPS) is 12.2. The van der Waals surface area contributed by atoms with Crippen molar-refractivity contribution >= 4 is 27.5 Å². The zero-order valence-electron chi connectivity index (χ0n) is 14.2. The first-order chi connectivity index (χ1) is 11.5. The lowest BCUT2D eigenvalue weighted by Crippen LogP contribution is -2.20. The number of methoxy groups -OCH3 is 1. The van der Waals surface area contributed by atoms with Crippen molar-refractivity contribution in [2.75, 3.05) is 13.7 Å². The van der Waals surface area contributed by atoms with Crippen LogP contribution in [0, 0.1) is 13.8 Å². The molecule has 0 fully saturated rings. The highest BCUT2D eigenvalue weighted by Gasteiger charge is 2.14. The monoisotopic (exact) mass is 344 g/mol. The van der Waals surface area contributed by atoms with Crippen LogP contribution < -0.4 is 4.80 Å². The predicted octanol–water partition coefficient (Wildman–Crippen LogP) is 2.44. The third-order valence-electron chi connectivity index (χ3n) is 3.88. The number of carbonyl (C=O) groups is 1. The molecule has 2 heterocycles. The number of fused-ring (bicyclic) bond motifs is 1. The van der Waals surface area contributed by atoms with Gasteiger partial charge in [-0.15, -0.1) is 0 Å². The van der Waals surface area contributed by atoms with Crippen molar-refractivity contribution in [2.24, 2.45) is 12.0 Å². The van der Waals surface area contributed by atoms with E-state index >= 15 is 0 Å². The fourth-order valence-electron chi connectivity index (χ4n) is 2.66. The van der Waals surface area contributed by atoms with Gasteiger partial charge in [0.15, 0.2) is 4.80 Å². The topological polar surface area (TPSA) is 61.4 Å². The highest BCUT2D eigenvalue weighted by molar-refractivity contribution is 7.16. The van der Waals surface area contributed by atoms with Crippen molar-refractivity contribution in [3.63, 3.8) is 0 Å². The molecular formula is C17H20N4O2S. The average Bonchev–Trinajstić information content (AvgIpc) is 3.04. The van der Waals surface area contributed by atoms with E-state index in [1.807, 2.05) is 11.5 Å². The Kier molecular flexibility index (Phi) is 4.64. The Morgan fingerprint density at radius 3 is 2.83 bits per heavy atom. The number of rotatable bonds is 4. The number of carbonyl (C=O) groups excluding carboxylic acids is 1. The molecule has 7 heteroatoms. The van der Waals surface area contributed by atoms with Gasteiger partial charge < -0.3 is 9.30 Å². The van der Waals surface area contributed by atoms with Gasteiger partial charge in [0, 0.05) is 26.3 Å². The standard InChI is InChI=1S/C17H20N4O2S/c1-11-5-6-13-14(9-11)24-17(21(13)7-8-23-4)19-16(22)15-12(2)10-18-20(15)3/h5-6,9-10H,7-8H2,1-4H3. The predicted molar refractivity (Wildman–Crippen MR) is 94.3 cm³/mol. The number of aryl methyl sites for hydroxylation is 3. The second-order valence-electron chi connectivity index (χ2n) is 5.72. The van der Waals surface area contributed by atoms with Crippen LogP contribution in [0.2, 0.25) is 0 Å². The first-order valence-electron chi connectivity index (χ1n) is 7.68. The molecule has 0 radical (unpaired) electrons. The van der Waals surface area contributed by atoms with E-state index in [1.54, 1.807) is 25.0 Å². The largest absolute Gasteiger partial charge is 0.383 e. The number of nitrogens with zero attached hydrogens (tertiary/aromatic N) is 4. The summed E-state index contributed by atoms with van der Waals surface area (Å²) in [5, 5.41) is 4.12. The third-order valence-corrected chi connectivity index (χ3v) is 4.92. The quantitative estimate of drug-likeness (QED) is 0.730. The molecule has 0 saturated heterocycles. The van der Waals surface area contributed by atoms with Gasteiger partial charge in [-0.3, -0.25) is 9.48 Å². The Labute approximate surface area is 144 Å². The number of ether oxygens (including phenoxy) is 1. The molecule has 0 aliphatic heterocycles. The van der Waals surface area contributed by atoms with Crippen LogP contribution in [0.25, 0.3) is 10.2 Å². The summed E-state index contributed by atoms with van der Waals surface area (Å²) in [5.41, 5.74) is 3.59. The van der Waals surface area contributed by atoms with Crippen LogP contribution in [0.5, 0.6) is 0 Å². The molecular weight excluding hydrogens is 324 g/mol. The first kappa shape index (κ1) is 16.6. The smallest absolute Gasteiger partial charge is 0.298 e. The molecule has 1 aromatic carbocycles. The van der Waals surface area contributed by atoms with Gasteiger partial charge in [0.05, 0.1) is 23.0 Å². The van der Waals surface area contributed by atoms with Crippen molar-refractivity contribution in [2.45, 2.75) is 20.4 Å². The van der Waals surface area contributed by atoms with Gasteiger partial charge in [-0.1, -0.05) is 17.4 Å². The van der Waals surface area contributed by atoms with Crippen molar-refractivity contribution < 1.29 is 9.53 Å². The molecule has 0 N–H and O–H groups in total. The zero-order valence-corrected chi connectivity index (χ0v) is 15.1. The summed E-state index contributed by atoms with van der Waals surface area (Å²) in [6, 6.07) is 6.24. The van der Waals surface area contributed by atoms with Crippen molar-refractivity contribution in [1.29, 1.82) is 0 Å². The molecule has 0 unspecified atom stereocenters. The highest BCUT2D eigenvalue weighted by atomic mass is 32.1. The summed E-state index contributed by atoms with van der Waals surface area (Å²) >= 11 is 1.52. The highest BCUT2D eigenvalue weighted by Crippen LogP contribution is 2.19. The molecule has 24 heavy (non-hydrogen) atoms. The van der Waals surface area contributed by atoms with Crippen LogP contribution >= 0.6 is 11.3 Å². The van der Waals surface area contributed by atoms with Crippen LogP contribution in [0.15, 0.2) is 29.4 Å². The fraction of sp³-hybridized carbons (Fsp3) is 0.353. The molecule has 0 saturated carbocycles. The van der Waals surface area contributed by atoms with E-state index in [1.165, 1.54) is 16.9 Å². The van der Waals surface area contributed by atoms with Crippen LogP contribution in [-0.4, -0.2) is 34.0 Å². The molecule has 0 bridgehead atoms. The van der Waals surface area contributed by atoms with E-state index in [0.717, 1.165) is 15.8 Å². The second kappa shape index (κ2) is 6.70. The Morgan fingerprint density at radius 1 is 1.38 bits per heavy atom. The number of hydrogen-bond donors (Lipinski definition) is 0. The Balaban J connectivity index is 2.15. The maximum atomic E-state index is 12.6. The SMILES string of the molecule is COCCn1c(=NC(=O)c2c(C)cnn2C)sc2cc(C)ccc21. The van der Waals surface area contributed by atoms with Gasteiger partial charge in [-0.05, 0) is 31.5 Å². The van der Waals surface area contributed by atoms with Gasteiger partial charge >= 0.3 is 0 Å². The Bertz CT molecular complexity index is 945. The van der Waals surface area contributed by atoms with E-state index in [2.05, 4.69) is 35.2 Å². The summed E-state index contributed by atoms with van der Waals surface area (Å²) in [6.07, 6.45) is 1.68. The number of aromatic nitrogens is 3. The number of thiazole rings is 1. The molecule has 2 aromatic heterocycles. The lowest BCUT2D eigenvalue weighted by atomic mass is 10.2. The maximum absolute atomic E-state index is 12.6. The molecule has 0 aliphatic rings. The molecule has 1 amide bonds. The second-order valence-corrected chi connectivity index (χ2v) is 6.73. The molecule has 6 nitrogen and oxygen atoms in total. The molecule has 0 aliphatic carbocycles. The zero-order chi connectivity index (χ0) is 17.3. The van der Waals surface area contributed by atoms with Crippen LogP contribution in [-0.2, 0) is 18.3 Å². The van der Waals surface area contributed by atoms with Gasteiger partial charge in [0.2, 0.25) is 0 Å². The summed E-state index contributed by atoms with van der Waals surface area (Å²) < 4.78 is 9.91. The minimum Gasteiger partial charge on any atom is -0.383 e. The van der Waals surface area contributed by atoms with Gasteiger partial charge in [-0.25, -0.2) is 0 Å². The molecule has 0 atom stereocenters. The average molecular weight is 344 g/mol. The summed E-state index contributed by atoms with van der Waals surface area (Å²) in [7, 11) is 3.42. The van der Waals surface area contributed by atoms with E-state index in [4.69, 9.17) is 4.74 Å². The van der Waals surface area contributed by atoms with Crippen LogP contribution in [0.4, 0.5) is 0 Å². The minimum atomic E-state index is -0.276. The third kappa shape index (κ3) is 3.05. The van der Waals surface area contributed by atoms with E-state index in [9.17, 15) is 4.79 Å². The Morgan fingerprint density at radius 2 is 2.17 bits per heavy atom. The lowest BCUT2D eigenvalue weighted by Gasteiger charge is -2.04. The number of amides is 1. The van der Waals surface area contributed by atoms with Gasteiger partial charge in [-0.2, -0.15) is 10.1 Å². The summed E-state index contributed by atoms with van der Waals surface area (Å²) in [6.45, 7) is 5.13. The van der Waals surface area contributed by atoms with E-state index in [0.29, 0.717) is 23.6 Å². The molecule has 3 rings (SSSR count). The van der Waals surface area contributed by atoms with Crippen molar-refractivity contribution in [3.05, 3.63) is 46.0 Å². The maximum Gasteiger partial charge on any atom is 0.298 e. The van der Waals surface area contributed by atoms with Crippen LogP contribution in [0.1, 0.15) is 21.6 Å². The fourth-order valence-corrected chi connectivity index (χ4v) is 3.81. The van der Waals surface area contributed by atoms with Crippen LogP contribution in [0.3, 0.4) is 0 Å². The number of hydrogen-bond acceptors (Lipinski definition) is 4. The Hall–Kier alpha value is -2.25. The van der Waals surface area contributed by atoms with E-state index < -0.39 is 0 Å². The molecule has 3 aromatic rings. The van der Waals surface area contributed by atoms with Gasteiger partial charge in [0.1, 0.15) is 5.69 Å². The van der Waals surface area contributed by atoms with Crippen molar-refractivity contribution in [3.8, 4) is 0 Å². The summed E-state index contributed by atoms with van der Waals surface area (Å²) in [5.74, 6) is -0.276. The van der Waals surface area contributed by atoms with Crippen molar-refractivity contribution in [1.82, 2.24) is 14.3 Å².